The van der Waals surface area contributed by atoms with Gasteiger partial charge < -0.3 is 9.15 Å². The topological polar surface area (TPSA) is 78.4 Å². The van der Waals surface area contributed by atoms with Gasteiger partial charge in [-0.15, -0.1) is 0 Å². The number of alkyl halides is 2. The number of aromatic nitrogens is 1. The number of nitrogens with zero attached hydrogens (tertiary/aromatic N) is 2. The molecule has 8 heteroatoms. The Bertz CT molecular complexity index is 557. The first-order chi connectivity index (χ1) is 8.58. The molecule has 0 amide bonds. The van der Waals surface area contributed by atoms with Crippen molar-refractivity contribution in [2.45, 2.75) is 6.61 Å². The fraction of sp³-hybridized carbons (Fsp3) is 0.100. The lowest BCUT2D eigenvalue weighted by atomic mass is 10.1. The third-order valence-electron chi connectivity index (χ3n) is 2.10. The molecule has 0 unspecified atom stereocenters. The van der Waals surface area contributed by atoms with Crippen molar-refractivity contribution in [2.24, 2.45) is 0 Å². The second-order valence-electron chi connectivity index (χ2n) is 3.19. The van der Waals surface area contributed by atoms with E-state index in [-0.39, 0.29) is 22.7 Å². The van der Waals surface area contributed by atoms with Gasteiger partial charge in [0.1, 0.15) is 17.7 Å². The molecule has 0 radical (unpaired) electrons. The van der Waals surface area contributed by atoms with Gasteiger partial charge in [-0.3, -0.25) is 10.1 Å². The van der Waals surface area contributed by atoms with Crippen molar-refractivity contribution < 1.29 is 22.9 Å². The highest BCUT2D eigenvalue weighted by Crippen LogP contribution is 2.33. The number of rotatable bonds is 4. The fourth-order valence-electron chi connectivity index (χ4n) is 1.38. The summed E-state index contributed by atoms with van der Waals surface area (Å²) in [7, 11) is 0. The summed E-state index contributed by atoms with van der Waals surface area (Å²) in [5.41, 5.74) is -0.0118. The first-order valence-electron chi connectivity index (χ1n) is 4.69. The molecular formula is C10H6F2N2O4. The van der Waals surface area contributed by atoms with Crippen LogP contribution in [0.5, 0.6) is 5.75 Å². The number of hydrogen-bond acceptors (Lipinski definition) is 5. The summed E-state index contributed by atoms with van der Waals surface area (Å²) < 4.78 is 33.4. The Morgan fingerprint density at radius 2 is 2.22 bits per heavy atom. The van der Waals surface area contributed by atoms with Gasteiger partial charge in [0, 0.05) is 12.1 Å². The van der Waals surface area contributed by atoms with Crippen molar-refractivity contribution in [2.75, 3.05) is 0 Å². The Kier molecular flexibility index (Phi) is 3.18. The van der Waals surface area contributed by atoms with Crippen LogP contribution in [0.4, 0.5) is 14.5 Å². The summed E-state index contributed by atoms with van der Waals surface area (Å²) in [5, 5.41) is 10.6. The number of benzene rings is 1. The standard InChI is InChI=1S/C10H6F2N2O4/c11-10(12)18-9-2-1-6(14(15)16)3-7(9)8-4-17-5-13-8/h1-5,10H. The van der Waals surface area contributed by atoms with Crippen LogP contribution >= 0.6 is 0 Å². The largest absolute Gasteiger partial charge is 0.451 e. The molecule has 2 aromatic rings. The number of non-ortho nitro benzene ring substituents is 1. The van der Waals surface area contributed by atoms with Gasteiger partial charge in [0.15, 0.2) is 6.39 Å². The third kappa shape index (κ3) is 2.42. The Hall–Kier alpha value is -2.51. The van der Waals surface area contributed by atoms with Crippen molar-refractivity contribution in [3.05, 3.63) is 41.0 Å². The molecule has 0 N–H and O–H groups in total. The highest BCUT2D eigenvalue weighted by molar-refractivity contribution is 5.69. The SMILES string of the molecule is O=[N+]([O-])c1ccc(OC(F)F)c(-c2cocn2)c1. The number of hydrogen-bond donors (Lipinski definition) is 0. The zero-order chi connectivity index (χ0) is 13.1. The van der Waals surface area contributed by atoms with E-state index in [9.17, 15) is 18.9 Å². The lowest BCUT2D eigenvalue weighted by Crippen LogP contribution is -2.03. The van der Waals surface area contributed by atoms with Gasteiger partial charge in [0.2, 0.25) is 0 Å². The smallest absolute Gasteiger partial charge is 0.387 e. The summed E-state index contributed by atoms with van der Waals surface area (Å²) in [5.74, 6) is -0.204. The molecule has 0 bridgehead atoms. The van der Waals surface area contributed by atoms with E-state index >= 15 is 0 Å². The highest BCUT2D eigenvalue weighted by Gasteiger charge is 2.17. The quantitative estimate of drug-likeness (QED) is 0.620. The van der Waals surface area contributed by atoms with E-state index in [0.29, 0.717) is 0 Å². The predicted molar refractivity (Wildman–Crippen MR) is 55.2 cm³/mol. The molecule has 6 nitrogen and oxygen atoms in total. The number of halogens is 2. The molecule has 0 fully saturated rings. The van der Waals surface area contributed by atoms with E-state index in [1.807, 2.05) is 0 Å². The summed E-state index contributed by atoms with van der Waals surface area (Å²) >= 11 is 0. The molecule has 0 aliphatic carbocycles. The predicted octanol–water partition coefficient (Wildman–Crippen LogP) is 2.85. The molecular weight excluding hydrogens is 250 g/mol. The molecule has 1 aromatic carbocycles. The van der Waals surface area contributed by atoms with E-state index in [0.717, 1.165) is 24.6 Å². The minimum atomic E-state index is -3.03. The van der Waals surface area contributed by atoms with Crippen molar-refractivity contribution in [1.82, 2.24) is 4.98 Å². The Labute approximate surface area is 99.0 Å². The maximum absolute atomic E-state index is 12.2. The summed E-state index contributed by atoms with van der Waals surface area (Å²) in [6.07, 6.45) is 2.26. The first kappa shape index (κ1) is 12.0. The van der Waals surface area contributed by atoms with Crippen LogP contribution in [0.2, 0.25) is 0 Å². The average molecular weight is 256 g/mol. The molecule has 0 aliphatic heterocycles. The molecule has 2 rings (SSSR count). The van der Waals surface area contributed by atoms with Crippen LogP contribution in [0.1, 0.15) is 0 Å². The third-order valence-corrected chi connectivity index (χ3v) is 2.10. The second kappa shape index (κ2) is 4.78. The van der Waals surface area contributed by atoms with Gasteiger partial charge in [0.05, 0.1) is 10.5 Å². The van der Waals surface area contributed by atoms with Crippen molar-refractivity contribution in [3.63, 3.8) is 0 Å². The van der Waals surface area contributed by atoms with Crippen LogP contribution in [0, 0.1) is 10.1 Å². The van der Waals surface area contributed by atoms with Gasteiger partial charge in [0.25, 0.3) is 5.69 Å². The van der Waals surface area contributed by atoms with Gasteiger partial charge in [-0.25, -0.2) is 4.98 Å². The number of oxazole rings is 1. The van der Waals surface area contributed by atoms with E-state index in [2.05, 4.69) is 9.72 Å². The van der Waals surface area contributed by atoms with Crippen LogP contribution in [-0.2, 0) is 0 Å². The van der Waals surface area contributed by atoms with E-state index in [1.165, 1.54) is 6.26 Å². The molecule has 94 valence electrons. The van der Waals surface area contributed by atoms with Gasteiger partial charge in [-0.05, 0) is 6.07 Å². The summed E-state index contributed by atoms with van der Waals surface area (Å²) in [4.78, 5) is 13.7. The normalized spacial score (nSPS) is 10.6. The molecule has 18 heavy (non-hydrogen) atoms. The van der Waals surface area contributed by atoms with Crippen LogP contribution < -0.4 is 4.74 Å². The van der Waals surface area contributed by atoms with Crippen molar-refractivity contribution >= 4 is 5.69 Å². The van der Waals surface area contributed by atoms with Crippen LogP contribution in [0.15, 0.2) is 35.3 Å². The lowest BCUT2D eigenvalue weighted by molar-refractivity contribution is -0.384. The molecule has 0 spiro atoms. The fourth-order valence-corrected chi connectivity index (χ4v) is 1.38. The molecule has 0 atom stereocenters. The van der Waals surface area contributed by atoms with Crippen LogP contribution in [-0.4, -0.2) is 16.5 Å². The van der Waals surface area contributed by atoms with Gasteiger partial charge >= 0.3 is 6.61 Å². The lowest BCUT2D eigenvalue weighted by Gasteiger charge is -2.08. The van der Waals surface area contributed by atoms with Crippen LogP contribution in [0.25, 0.3) is 11.3 Å². The molecule has 0 saturated carbocycles. The number of nitro groups is 1. The van der Waals surface area contributed by atoms with Crippen molar-refractivity contribution in [3.8, 4) is 17.0 Å². The Morgan fingerprint density at radius 3 is 2.78 bits per heavy atom. The van der Waals surface area contributed by atoms with E-state index in [1.54, 1.807) is 0 Å². The molecule has 1 aromatic heterocycles. The zero-order valence-corrected chi connectivity index (χ0v) is 8.75. The molecule has 0 aliphatic rings. The minimum absolute atomic E-state index is 0.0678. The average Bonchev–Trinajstić information content (AvgIpc) is 2.81. The molecule has 1 heterocycles. The highest BCUT2D eigenvalue weighted by atomic mass is 19.3. The van der Waals surface area contributed by atoms with E-state index < -0.39 is 11.5 Å². The van der Waals surface area contributed by atoms with Gasteiger partial charge in [-0.2, -0.15) is 8.78 Å². The minimum Gasteiger partial charge on any atom is -0.451 e. The van der Waals surface area contributed by atoms with E-state index in [4.69, 9.17) is 4.42 Å². The first-order valence-corrected chi connectivity index (χ1v) is 4.69. The maximum atomic E-state index is 12.2. The zero-order valence-electron chi connectivity index (χ0n) is 8.75. The van der Waals surface area contributed by atoms with Gasteiger partial charge in [-0.1, -0.05) is 0 Å². The van der Waals surface area contributed by atoms with Crippen molar-refractivity contribution in [1.29, 1.82) is 0 Å². The summed E-state index contributed by atoms with van der Waals surface area (Å²) in [6.45, 7) is -3.03. The Balaban J connectivity index is 2.50. The number of ether oxygens (including phenoxy) is 1. The van der Waals surface area contributed by atoms with Crippen LogP contribution in [0.3, 0.4) is 0 Å². The monoisotopic (exact) mass is 256 g/mol. The second-order valence-corrected chi connectivity index (χ2v) is 3.19. The Morgan fingerprint density at radius 1 is 1.44 bits per heavy atom. The molecule has 0 saturated heterocycles. The maximum Gasteiger partial charge on any atom is 0.387 e. The number of nitro benzene ring substituents is 1. The summed E-state index contributed by atoms with van der Waals surface area (Å²) in [6, 6.07) is 3.26.